The SMILES string of the molecule is CC(=O)C(C)N1C(=O)C(c2ccccc2)Nc2ccccc21. The number of amides is 1. The van der Waals surface area contributed by atoms with Crippen LogP contribution in [0.5, 0.6) is 0 Å². The summed E-state index contributed by atoms with van der Waals surface area (Å²) in [5.74, 6) is -0.135. The molecule has 2 aromatic rings. The van der Waals surface area contributed by atoms with E-state index >= 15 is 0 Å². The molecule has 4 nitrogen and oxygen atoms in total. The molecule has 1 N–H and O–H groups in total. The molecule has 0 aromatic heterocycles. The van der Waals surface area contributed by atoms with Crippen molar-refractivity contribution in [1.29, 1.82) is 0 Å². The fourth-order valence-electron chi connectivity index (χ4n) is 2.73. The van der Waals surface area contributed by atoms with Gasteiger partial charge in [0.15, 0.2) is 5.78 Å². The van der Waals surface area contributed by atoms with E-state index in [9.17, 15) is 9.59 Å². The molecule has 22 heavy (non-hydrogen) atoms. The van der Waals surface area contributed by atoms with Crippen LogP contribution < -0.4 is 10.2 Å². The first-order valence-corrected chi connectivity index (χ1v) is 7.33. The van der Waals surface area contributed by atoms with Crippen molar-refractivity contribution in [2.24, 2.45) is 0 Å². The van der Waals surface area contributed by atoms with Gasteiger partial charge in [-0.2, -0.15) is 0 Å². The first-order valence-electron chi connectivity index (χ1n) is 7.33. The van der Waals surface area contributed by atoms with E-state index in [1.165, 1.54) is 6.92 Å². The average molecular weight is 294 g/mol. The third kappa shape index (κ3) is 2.37. The van der Waals surface area contributed by atoms with Crippen molar-refractivity contribution in [1.82, 2.24) is 0 Å². The minimum absolute atomic E-state index is 0.0307. The van der Waals surface area contributed by atoms with Gasteiger partial charge in [0.25, 0.3) is 5.91 Å². The number of anilines is 2. The maximum absolute atomic E-state index is 12.9. The number of nitrogens with zero attached hydrogens (tertiary/aromatic N) is 1. The lowest BCUT2D eigenvalue weighted by molar-refractivity contribution is -0.124. The molecular formula is C18H18N2O2. The van der Waals surface area contributed by atoms with Crippen molar-refractivity contribution in [2.45, 2.75) is 25.9 Å². The lowest BCUT2D eigenvalue weighted by Gasteiger charge is -2.38. The van der Waals surface area contributed by atoms with E-state index in [1.807, 2.05) is 54.6 Å². The Balaban J connectivity index is 2.09. The molecule has 2 unspecified atom stereocenters. The van der Waals surface area contributed by atoms with Gasteiger partial charge in [0.2, 0.25) is 0 Å². The summed E-state index contributed by atoms with van der Waals surface area (Å²) in [7, 11) is 0. The predicted octanol–water partition coefficient (Wildman–Crippen LogP) is 3.16. The Morgan fingerprint density at radius 3 is 2.41 bits per heavy atom. The van der Waals surface area contributed by atoms with Crippen molar-refractivity contribution in [2.75, 3.05) is 10.2 Å². The standard InChI is InChI=1S/C18H18N2O2/c1-12(13(2)21)20-16-11-7-6-10-15(16)19-17(18(20)22)14-8-4-3-5-9-14/h3-12,17,19H,1-2H3. The van der Waals surface area contributed by atoms with Crippen LogP contribution in [0.1, 0.15) is 25.5 Å². The Morgan fingerprint density at radius 1 is 1.09 bits per heavy atom. The molecule has 1 aliphatic heterocycles. The van der Waals surface area contributed by atoms with Crippen molar-refractivity contribution < 1.29 is 9.59 Å². The number of rotatable bonds is 3. The van der Waals surface area contributed by atoms with E-state index in [1.54, 1.807) is 11.8 Å². The second kappa shape index (κ2) is 5.64. The van der Waals surface area contributed by atoms with Crippen LogP contribution in [-0.4, -0.2) is 17.7 Å². The van der Waals surface area contributed by atoms with E-state index < -0.39 is 12.1 Å². The molecule has 2 atom stereocenters. The summed E-state index contributed by atoms with van der Waals surface area (Å²) in [6.45, 7) is 3.28. The molecule has 0 bridgehead atoms. The summed E-state index contributed by atoms with van der Waals surface area (Å²) in [5.41, 5.74) is 2.51. The number of carbonyl (C=O) groups excluding carboxylic acids is 2. The normalized spacial score (nSPS) is 18.4. The number of nitrogens with one attached hydrogen (secondary N) is 1. The second-order valence-electron chi connectivity index (χ2n) is 5.50. The summed E-state index contributed by atoms with van der Waals surface area (Å²) in [4.78, 5) is 26.4. The molecule has 0 aliphatic carbocycles. The van der Waals surface area contributed by atoms with E-state index in [0.717, 1.165) is 16.9 Å². The number of Topliss-reactive ketones (excluding diaryl/α,β-unsaturated/α-hetero) is 1. The Labute approximate surface area is 129 Å². The van der Waals surface area contributed by atoms with Gasteiger partial charge >= 0.3 is 0 Å². The molecule has 0 saturated carbocycles. The Hall–Kier alpha value is -2.62. The van der Waals surface area contributed by atoms with Crippen LogP contribution in [0, 0.1) is 0 Å². The molecule has 0 spiro atoms. The quantitative estimate of drug-likeness (QED) is 0.946. The molecule has 1 amide bonds. The zero-order valence-corrected chi connectivity index (χ0v) is 12.6. The van der Waals surface area contributed by atoms with Gasteiger partial charge in [0.1, 0.15) is 6.04 Å². The van der Waals surface area contributed by atoms with Gasteiger partial charge in [-0.3, -0.25) is 14.5 Å². The topological polar surface area (TPSA) is 49.4 Å². The van der Waals surface area contributed by atoms with E-state index in [2.05, 4.69) is 5.32 Å². The van der Waals surface area contributed by atoms with Gasteiger partial charge in [0.05, 0.1) is 17.4 Å². The molecule has 0 fully saturated rings. The maximum atomic E-state index is 12.9. The van der Waals surface area contributed by atoms with Crippen LogP contribution in [0.25, 0.3) is 0 Å². The van der Waals surface area contributed by atoms with Gasteiger partial charge in [-0.25, -0.2) is 0 Å². The summed E-state index contributed by atoms with van der Waals surface area (Å²) >= 11 is 0. The number of benzene rings is 2. The van der Waals surface area contributed by atoms with Crippen LogP contribution in [0.4, 0.5) is 11.4 Å². The van der Waals surface area contributed by atoms with Gasteiger partial charge in [-0.1, -0.05) is 42.5 Å². The first kappa shape index (κ1) is 14.3. The molecule has 112 valence electrons. The fraction of sp³-hybridized carbons (Fsp3) is 0.222. The van der Waals surface area contributed by atoms with E-state index in [0.29, 0.717) is 0 Å². The second-order valence-corrected chi connectivity index (χ2v) is 5.50. The number of para-hydroxylation sites is 2. The minimum Gasteiger partial charge on any atom is -0.368 e. The smallest absolute Gasteiger partial charge is 0.254 e. The van der Waals surface area contributed by atoms with Crippen LogP contribution in [0.3, 0.4) is 0 Å². The lowest BCUT2D eigenvalue weighted by atomic mass is 9.99. The van der Waals surface area contributed by atoms with Crippen molar-refractivity contribution in [3.63, 3.8) is 0 Å². The molecule has 2 aromatic carbocycles. The average Bonchev–Trinajstić information content (AvgIpc) is 2.54. The highest BCUT2D eigenvalue weighted by molar-refractivity contribution is 6.09. The largest absolute Gasteiger partial charge is 0.368 e. The highest BCUT2D eigenvalue weighted by Gasteiger charge is 2.37. The molecule has 3 rings (SSSR count). The van der Waals surface area contributed by atoms with Crippen LogP contribution >= 0.6 is 0 Å². The predicted molar refractivity (Wildman–Crippen MR) is 86.9 cm³/mol. The van der Waals surface area contributed by atoms with Gasteiger partial charge in [-0.15, -0.1) is 0 Å². The number of ketones is 1. The van der Waals surface area contributed by atoms with E-state index in [-0.39, 0.29) is 11.7 Å². The Morgan fingerprint density at radius 2 is 1.73 bits per heavy atom. The molecule has 1 aliphatic rings. The molecule has 4 heteroatoms. The van der Waals surface area contributed by atoms with Gasteiger partial charge < -0.3 is 5.32 Å². The third-order valence-electron chi connectivity index (χ3n) is 4.06. The van der Waals surface area contributed by atoms with Crippen molar-refractivity contribution in [3.05, 3.63) is 60.2 Å². The monoisotopic (exact) mass is 294 g/mol. The van der Waals surface area contributed by atoms with E-state index in [4.69, 9.17) is 0 Å². The number of fused-ring (bicyclic) bond motifs is 1. The molecule has 0 radical (unpaired) electrons. The number of carbonyl (C=O) groups is 2. The zero-order chi connectivity index (χ0) is 15.7. The summed E-state index contributed by atoms with van der Waals surface area (Å²) in [6.07, 6.45) is 0. The highest BCUT2D eigenvalue weighted by Crippen LogP contribution is 2.37. The van der Waals surface area contributed by atoms with Gasteiger partial charge in [0, 0.05) is 0 Å². The lowest BCUT2D eigenvalue weighted by Crippen LogP contribution is -2.49. The summed E-state index contributed by atoms with van der Waals surface area (Å²) in [5, 5.41) is 3.28. The number of hydrogen-bond acceptors (Lipinski definition) is 3. The van der Waals surface area contributed by atoms with Crippen LogP contribution in [-0.2, 0) is 9.59 Å². The zero-order valence-electron chi connectivity index (χ0n) is 12.6. The van der Waals surface area contributed by atoms with Crippen LogP contribution in [0.2, 0.25) is 0 Å². The maximum Gasteiger partial charge on any atom is 0.254 e. The minimum atomic E-state index is -0.484. The highest BCUT2D eigenvalue weighted by atomic mass is 16.2. The Kier molecular flexibility index (Phi) is 3.67. The first-order chi connectivity index (χ1) is 10.6. The molecular weight excluding hydrogens is 276 g/mol. The van der Waals surface area contributed by atoms with Crippen molar-refractivity contribution in [3.8, 4) is 0 Å². The Bertz CT molecular complexity index is 712. The van der Waals surface area contributed by atoms with Crippen molar-refractivity contribution >= 4 is 23.1 Å². The third-order valence-corrected chi connectivity index (χ3v) is 4.06. The van der Waals surface area contributed by atoms with Crippen LogP contribution in [0.15, 0.2) is 54.6 Å². The summed E-state index contributed by atoms with van der Waals surface area (Å²) in [6, 6.07) is 16.2. The summed E-state index contributed by atoms with van der Waals surface area (Å²) < 4.78 is 0. The van der Waals surface area contributed by atoms with Gasteiger partial charge in [-0.05, 0) is 31.5 Å². The molecule has 1 heterocycles. The molecule has 0 saturated heterocycles. The fourth-order valence-corrected chi connectivity index (χ4v) is 2.73. The number of hydrogen-bond donors (Lipinski definition) is 1.